The Morgan fingerprint density at radius 3 is 2.57 bits per heavy atom. The van der Waals surface area contributed by atoms with Crippen molar-refractivity contribution in [1.29, 1.82) is 0 Å². The lowest BCUT2D eigenvalue weighted by molar-refractivity contribution is -0.120. The molecule has 0 bridgehead atoms. The molecule has 2 aromatic carbocycles. The van der Waals surface area contributed by atoms with Gasteiger partial charge in [-0.05, 0) is 56.0 Å². The number of rotatable bonds is 4. The summed E-state index contributed by atoms with van der Waals surface area (Å²) in [6.07, 6.45) is 5.83. The third-order valence-electron chi connectivity index (χ3n) is 5.37. The van der Waals surface area contributed by atoms with E-state index in [4.69, 9.17) is 11.6 Å². The number of hydrogen-bond donors (Lipinski definition) is 2. The van der Waals surface area contributed by atoms with E-state index in [1.54, 1.807) is 24.5 Å². The van der Waals surface area contributed by atoms with E-state index in [0.29, 0.717) is 48.0 Å². The minimum absolute atomic E-state index is 0.0112. The Bertz CT molecular complexity index is 1090. The number of anilines is 1. The number of halogens is 2. The van der Waals surface area contributed by atoms with Crippen LogP contribution in [0.4, 0.5) is 10.1 Å². The van der Waals surface area contributed by atoms with Gasteiger partial charge in [-0.25, -0.2) is 4.39 Å². The van der Waals surface area contributed by atoms with E-state index in [2.05, 4.69) is 20.6 Å². The predicted octanol–water partition coefficient (Wildman–Crippen LogP) is 4.35. The van der Waals surface area contributed by atoms with Crippen LogP contribution in [-0.4, -0.2) is 27.8 Å². The van der Waals surface area contributed by atoms with Gasteiger partial charge in [0.2, 0.25) is 5.91 Å². The van der Waals surface area contributed by atoms with Crippen molar-refractivity contribution in [3.63, 3.8) is 0 Å². The zero-order valence-corrected chi connectivity index (χ0v) is 16.8. The van der Waals surface area contributed by atoms with E-state index in [9.17, 15) is 14.0 Å². The van der Waals surface area contributed by atoms with Gasteiger partial charge >= 0.3 is 0 Å². The molecule has 0 unspecified atom stereocenters. The van der Waals surface area contributed by atoms with Crippen molar-refractivity contribution >= 4 is 40.1 Å². The molecule has 1 saturated carbocycles. The van der Waals surface area contributed by atoms with E-state index in [1.807, 2.05) is 6.07 Å². The maximum absolute atomic E-state index is 13.2. The maximum Gasteiger partial charge on any atom is 0.253 e. The number of amides is 2. The Hall–Kier alpha value is -3.06. The van der Waals surface area contributed by atoms with Crippen molar-refractivity contribution in [2.45, 2.75) is 31.7 Å². The molecule has 3 aromatic rings. The lowest BCUT2D eigenvalue weighted by Gasteiger charge is -2.28. The standard InChI is InChI=1S/C22H20ClFN4O2/c23-17-12-14(24)6-9-18(17)28-21(29)13-4-7-15(8-5-13)27-22(30)16-2-1-3-19-20(16)26-11-10-25-19/h1-3,6,9-13,15H,4-5,7-8H2,(H,27,30)(H,28,29). The van der Waals surface area contributed by atoms with E-state index < -0.39 is 5.82 Å². The largest absolute Gasteiger partial charge is 0.349 e. The summed E-state index contributed by atoms with van der Waals surface area (Å²) in [6, 6.07) is 9.20. The molecular weight excluding hydrogens is 407 g/mol. The lowest BCUT2D eigenvalue weighted by atomic mass is 9.85. The molecule has 0 aliphatic heterocycles. The number of nitrogens with one attached hydrogen (secondary N) is 2. The van der Waals surface area contributed by atoms with Crippen LogP contribution in [0.1, 0.15) is 36.0 Å². The summed E-state index contributed by atoms with van der Waals surface area (Å²) in [6.45, 7) is 0. The number of aromatic nitrogens is 2. The molecule has 8 heteroatoms. The van der Waals surface area contributed by atoms with Crippen LogP contribution < -0.4 is 10.6 Å². The first-order valence-corrected chi connectivity index (χ1v) is 10.2. The first kappa shape index (κ1) is 20.2. The Morgan fingerprint density at radius 2 is 1.80 bits per heavy atom. The Morgan fingerprint density at radius 1 is 1.03 bits per heavy atom. The maximum atomic E-state index is 13.2. The second-order valence-corrected chi connectivity index (χ2v) is 7.77. The third-order valence-corrected chi connectivity index (χ3v) is 5.68. The minimum atomic E-state index is -0.452. The van der Waals surface area contributed by atoms with Crippen molar-refractivity contribution < 1.29 is 14.0 Å². The molecule has 2 amide bonds. The number of benzene rings is 2. The van der Waals surface area contributed by atoms with Crippen LogP contribution in [0.15, 0.2) is 48.8 Å². The van der Waals surface area contributed by atoms with Gasteiger partial charge in [0.1, 0.15) is 11.3 Å². The second-order valence-electron chi connectivity index (χ2n) is 7.37. The highest BCUT2D eigenvalue weighted by molar-refractivity contribution is 6.33. The minimum Gasteiger partial charge on any atom is -0.349 e. The summed E-state index contributed by atoms with van der Waals surface area (Å²) < 4.78 is 13.2. The quantitative estimate of drug-likeness (QED) is 0.649. The summed E-state index contributed by atoms with van der Waals surface area (Å²) in [5, 5.41) is 5.99. The van der Waals surface area contributed by atoms with Crippen LogP contribution in [0.2, 0.25) is 5.02 Å². The predicted molar refractivity (Wildman–Crippen MR) is 113 cm³/mol. The first-order valence-electron chi connectivity index (χ1n) is 9.78. The number of carbonyl (C=O) groups is 2. The zero-order valence-electron chi connectivity index (χ0n) is 16.1. The fourth-order valence-electron chi connectivity index (χ4n) is 3.76. The van der Waals surface area contributed by atoms with E-state index >= 15 is 0 Å². The van der Waals surface area contributed by atoms with Crippen molar-refractivity contribution in [1.82, 2.24) is 15.3 Å². The van der Waals surface area contributed by atoms with Crippen LogP contribution in [0.3, 0.4) is 0 Å². The van der Waals surface area contributed by atoms with E-state index in [-0.39, 0.29) is 28.8 Å². The van der Waals surface area contributed by atoms with Gasteiger partial charge in [0.25, 0.3) is 5.91 Å². The normalized spacial score (nSPS) is 18.7. The molecule has 2 N–H and O–H groups in total. The summed E-state index contributed by atoms with van der Waals surface area (Å²) in [5.74, 6) is -0.959. The van der Waals surface area contributed by atoms with Crippen LogP contribution in [0, 0.1) is 11.7 Å². The van der Waals surface area contributed by atoms with Gasteiger partial charge in [-0.15, -0.1) is 0 Å². The Labute approximate surface area is 177 Å². The second kappa shape index (κ2) is 8.75. The van der Waals surface area contributed by atoms with Crippen molar-refractivity contribution in [3.8, 4) is 0 Å². The summed E-state index contributed by atoms with van der Waals surface area (Å²) in [4.78, 5) is 33.8. The number of fused-ring (bicyclic) bond motifs is 1. The van der Waals surface area contributed by atoms with Gasteiger partial charge in [0.05, 0.1) is 21.8 Å². The van der Waals surface area contributed by atoms with Crippen molar-refractivity contribution in [2.24, 2.45) is 5.92 Å². The highest BCUT2D eigenvalue weighted by atomic mass is 35.5. The Kier molecular flexibility index (Phi) is 5.90. The molecule has 0 atom stereocenters. The van der Waals surface area contributed by atoms with Gasteiger partial charge in [-0.1, -0.05) is 17.7 Å². The number of carbonyl (C=O) groups excluding carboxylic acids is 2. The molecule has 1 fully saturated rings. The van der Waals surface area contributed by atoms with Gasteiger partial charge < -0.3 is 10.6 Å². The van der Waals surface area contributed by atoms with Gasteiger partial charge in [0, 0.05) is 24.4 Å². The Balaban J connectivity index is 1.34. The SMILES string of the molecule is O=C(NC1CCC(C(=O)Nc2ccc(F)cc2Cl)CC1)c1cccc2nccnc12. The van der Waals surface area contributed by atoms with Gasteiger partial charge in [-0.2, -0.15) is 0 Å². The molecule has 0 saturated heterocycles. The van der Waals surface area contributed by atoms with Crippen molar-refractivity contribution in [2.75, 3.05) is 5.32 Å². The van der Waals surface area contributed by atoms with Gasteiger partial charge in [0.15, 0.2) is 0 Å². The molecule has 1 heterocycles. The molecule has 1 aromatic heterocycles. The van der Waals surface area contributed by atoms with Crippen LogP contribution in [0.25, 0.3) is 11.0 Å². The molecule has 30 heavy (non-hydrogen) atoms. The van der Waals surface area contributed by atoms with Crippen LogP contribution >= 0.6 is 11.6 Å². The van der Waals surface area contributed by atoms with Gasteiger partial charge in [-0.3, -0.25) is 19.6 Å². The number of hydrogen-bond acceptors (Lipinski definition) is 4. The summed E-state index contributed by atoms with van der Waals surface area (Å²) in [7, 11) is 0. The highest BCUT2D eigenvalue weighted by Gasteiger charge is 2.28. The van der Waals surface area contributed by atoms with E-state index in [1.165, 1.54) is 18.2 Å². The summed E-state index contributed by atoms with van der Waals surface area (Å²) >= 11 is 5.98. The molecule has 1 aliphatic carbocycles. The molecule has 154 valence electrons. The number of nitrogens with zero attached hydrogens (tertiary/aromatic N) is 2. The average Bonchev–Trinajstić information content (AvgIpc) is 2.75. The van der Waals surface area contributed by atoms with Crippen LogP contribution in [0.5, 0.6) is 0 Å². The topological polar surface area (TPSA) is 84.0 Å². The fraction of sp³-hybridized carbons (Fsp3) is 0.273. The lowest BCUT2D eigenvalue weighted by Crippen LogP contribution is -2.39. The first-order chi connectivity index (χ1) is 14.5. The smallest absolute Gasteiger partial charge is 0.253 e. The van der Waals surface area contributed by atoms with Crippen LogP contribution in [-0.2, 0) is 4.79 Å². The zero-order chi connectivity index (χ0) is 21.1. The highest BCUT2D eigenvalue weighted by Crippen LogP contribution is 2.28. The van der Waals surface area contributed by atoms with E-state index in [0.717, 1.165) is 0 Å². The number of para-hydroxylation sites is 1. The molecule has 0 radical (unpaired) electrons. The molecular formula is C22H20ClFN4O2. The average molecular weight is 427 g/mol. The molecule has 6 nitrogen and oxygen atoms in total. The summed E-state index contributed by atoms with van der Waals surface area (Å²) in [5.41, 5.74) is 2.13. The van der Waals surface area contributed by atoms with Crippen molar-refractivity contribution in [3.05, 3.63) is 65.2 Å². The molecule has 0 spiro atoms. The molecule has 4 rings (SSSR count). The fourth-order valence-corrected chi connectivity index (χ4v) is 3.98. The monoisotopic (exact) mass is 426 g/mol. The molecule has 1 aliphatic rings. The third kappa shape index (κ3) is 4.41.